The largest absolute Gasteiger partial charge is 0.457 e. The van der Waals surface area contributed by atoms with E-state index in [0.717, 1.165) is 48.5 Å². The molecule has 2 fully saturated rings. The number of rotatable bonds is 10. The number of hydrogen-bond acceptors (Lipinski definition) is 17. The van der Waals surface area contributed by atoms with Gasteiger partial charge in [0.1, 0.15) is 35.9 Å². The summed E-state index contributed by atoms with van der Waals surface area (Å²) in [6.07, 6.45) is -16.6. The first-order chi connectivity index (χ1) is 20.3. The summed E-state index contributed by atoms with van der Waals surface area (Å²) >= 11 is 0. The molecule has 0 radical (unpaired) electrons. The third-order valence-electron chi connectivity index (χ3n) is 6.78. The van der Waals surface area contributed by atoms with E-state index < -0.39 is 83.8 Å². The summed E-state index contributed by atoms with van der Waals surface area (Å²) in [6, 6.07) is 8.13. The molecule has 2 aromatic rings. The summed E-state index contributed by atoms with van der Waals surface area (Å²) in [4.78, 5) is 20.6. The smallest absolute Gasteiger partial charge is 0.360 e. The van der Waals surface area contributed by atoms with Crippen molar-refractivity contribution in [3.05, 3.63) is 68.8 Å². The number of hydrogen-bond donors (Lipinski definition) is 8. The van der Waals surface area contributed by atoms with E-state index in [1.165, 1.54) is 0 Å². The number of nitro groups is 2. The van der Waals surface area contributed by atoms with Crippen LogP contribution in [0, 0.1) is 20.2 Å². The standard InChI is InChI=1S/C24H28N2O17/c27-9-15-17(29)18(30)19(31)22(39-15)43-24(41-14-7-3-12(4-8-14)26(37)38)21(33)20(32)23(34,16(10-28)42-24)40-13-5-1-11(2-6-13)25(35)36/h1-8,15-22,27-34H,9-10H2/t15-,16-,17-,18+,19-,20-,21-,22+,23+,24+/m1/s1. The van der Waals surface area contributed by atoms with Gasteiger partial charge in [-0.25, -0.2) is 0 Å². The number of aliphatic hydroxyl groups excluding tert-OH is 7. The maximum atomic E-state index is 11.3. The number of nitro benzene ring substituents is 2. The number of nitrogens with zero attached hydrogens (tertiary/aromatic N) is 2. The third kappa shape index (κ3) is 6.23. The van der Waals surface area contributed by atoms with Gasteiger partial charge in [-0.15, -0.1) is 0 Å². The molecule has 10 atom stereocenters. The van der Waals surface area contributed by atoms with E-state index in [4.69, 9.17) is 23.7 Å². The Labute approximate surface area is 240 Å². The average molecular weight is 616 g/mol. The zero-order chi connectivity index (χ0) is 31.7. The fourth-order valence-electron chi connectivity index (χ4n) is 4.41. The lowest BCUT2D eigenvalue weighted by molar-refractivity contribution is -0.501. The van der Waals surface area contributed by atoms with Gasteiger partial charge < -0.3 is 59.8 Å². The highest BCUT2D eigenvalue weighted by molar-refractivity contribution is 5.37. The molecule has 2 aliphatic rings. The molecule has 43 heavy (non-hydrogen) atoms. The molecule has 4 rings (SSSR count). The van der Waals surface area contributed by atoms with Crippen LogP contribution in [-0.2, 0) is 14.2 Å². The van der Waals surface area contributed by atoms with Crippen LogP contribution in [0.4, 0.5) is 11.4 Å². The fourth-order valence-corrected chi connectivity index (χ4v) is 4.41. The highest BCUT2D eigenvalue weighted by Crippen LogP contribution is 2.42. The minimum Gasteiger partial charge on any atom is -0.457 e. The Balaban J connectivity index is 1.72. The maximum absolute atomic E-state index is 11.3. The zero-order valence-electron chi connectivity index (χ0n) is 21.8. The molecule has 0 spiro atoms. The summed E-state index contributed by atoms with van der Waals surface area (Å²) < 4.78 is 27.5. The Morgan fingerprint density at radius 2 is 1.26 bits per heavy atom. The van der Waals surface area contributed by atoms with Gasteiger partial charge in [-0.05, 0) is 24.3 Å². The molecule has 236 valence electrons. The second kappa shape index (κ2) is 12.6. The van der Waals surface area contributed by atoms with Crippen molar-refractivity contribution in [3.8, 4) is 11.5 Å². The topological polar surface area (TPSA) is 294 Å². The van der Waals surface area contributed by atoms with Crippen LogP contribution >= 0.6 is 0 Å². The van der Waals surface area contributed by atoms with E-state index in [-0.39, 0.29) is 22.9 Å². The normalized spacial score (nSPS) is 36.1. The molecule has 19 nitrogen and oxygen atoms in total. The van der Waals surface area contributed by atoms with Gasteiger partial charge in [0, 0.05) is 24.3 Å². The summed E-state index contributed by atoms with van der Waals surface area (Å²) in [7, 11) is 0. The van der Waals surface area contributed by atoms with E-state index in [0.29, 0.717) is 0 Å². The number of aliphatic hydroxyl groups is 8. The van der Waals surface area contributed by atoms with Crippen LogP contribution in [0.1, 0.15) is 0 Å². The van der Waals surface area contributed by atoms with Crippen LogP contribution in [0.2, 0.25) is 0 Å². The van der Waals surface area contributed by atoms with E-state index in [9.17, 15) is 61.1 Å². The summed E-state index contributed by atoms with van der Waals surface area (Å²) in [5, 5.41) is 106. The van der Waals surface area contributed by atoms with Crippen LogP contribution < -0.4 is 9.47 Å². The number of non-ortho nitro benzene ring substituents is 2. The maximum Gasteiger partial charge on any atom is 0.360 e. The van der Waals surface area contributed by atoms with Gasteiger partial charge in [0.25, 0.3) is 17.2 Å². The summed E-state index contributed by atoms with van der Waals surface area (Å²) in [5.41, 5.74) is -0.720. The lowest BCUT2D eigenvalue weighted by Crippen LogP contribution is -2.76. The first-order valence-corrected chi connectivity index (χ1v) is 12.5. The molecule has 0 amide bonds. The number of ether oxygens (including phenoxy) is 5. The first kappa shape index (κ1) is 32.3. The van der Waals surface area contributed by atoms with Crippen molar-refractivity contribution in [1.29, 1.82) is 0 Å². The van der Waals surface area contributed by atoms with Crippen LogP contribution in [-0.4, -0.2) is 125 Å². The minimum atomic E-state index is -3.05. The van der Waals surface area contributed by atoms with Crippen LogP contribution in [0.3, 0.4) is 0 Å². The van der Waals surface area contributed by atoms with Crippen molar-refractivity contribution in [2.45, 2.75) is 60.8 Å². The molecular weight excluding hydrogens is 588 g/mol. The van der Waals surface area contributed by atoms with Crippen molar-refractivity contribution in [1.82, 2.24) is 0 Å². The van der Waals surface area contributed by atoms with Gasteiger partial charge in [0.15, 0.2) is 24.6 Å². The van der Waals surface area contributed by atoms with Gasteiger partial charge >= 0.3 is 5.97 Å². The molecule has 8 N–H and O–H groups in total. The molecule has 0 bridgehead atoms. The monoisotopic (exact) mass is 616 g/mol. The minimum absolute atomic E-state index is 0.278. The lowest BCUT2D eigenvalue weighted by Gasteiger charge is -2.52. The fraction of sp³-hybridized carbons (Fsp3) is 0.500. The molecule has 2 heterocycles. The molecule has 2 aliphatic heterocycles. The van der Waals surface area contributed by atoms with E-state index in [1.54, 1.807) is 0 Å². The average Bonchev–Trinajstić information content (AvgIpc) is 2.99. The van der Waals surface area contributed by atoms with Gasteiger partial charge in [-0.1, -0.05) is 0 Å². The summed E-state index contributed by atoms with van der Waals surface area (Å²) in [6.45, 7) is -2.05. The molecule has 2 aromatic carbocycles. The van der Waals surface area contributed by atoms with Crippen LogP contribution in [0.15, 0.2) is 48.5 Å². The Bertz CT molecular complexity index is 1280. The van der Waals surface area contributed by atoms with Crippen molar-refractivity contribution in [2.24, 2.45) is 0 Å². The predicted molar refractivity (Wildman–Crippen MR) is 134 cm³/mol. The first-order valence-electron chi connectivity index (χ1n) is 12.5. The van der Waals surface area contributed by atoms with Crippen molar-refractivity contribution >= 4 is 11.4 Å². The Morgan fingerprint density at radius 1 is 0.744 bits per heavy atom. The highest BCUT2D eigenvalue weighted by Gasteiger charge is 2.67. The molecule has 0 aliphatic carbocycles. The molecule has 0 unspecified atom stereocenters. The van der Waals surface area contributed by atoms with Gasteiger partial charge in [0.05, 0.1) is 23.1 Å². The number of benzene rings is 2. The van der Waals surface area contributed by atoms with Gasteiger partial charge in [0.2, 0.25) is 0 Å². The lowest BCUT2D eigenvalue weighted by atomic mass is 9.93. The SMILES string of the molecule is O=[N+]([O-])c1ccc(O[C@]2(O[C@@H]3O[C@H](CO)[C@@H](O)[C@H](O)[C@H]3O)O[C@H](CO)[C@](O)(Oc3ccc([N+](=O)[O-])cc3)[C@H](O)[C@H]2O)cc1. The molecule has 19 heteroatoms. The van der Waals surface area contributed by atoms with E-state index in [1.807, 2.05) is 0 Å². The predicted octanol–water partition coefficient (Wildman–Crippen LogP) is -2.77. The highest BCUT2D eigenvalue weighted by atomic mass is 16.9. The quantitative estimate of drug-likeness (QED) is 0.0761. The summed E-state index contributed by atoms with van der Waals surface area (Å²) in [5.74, 6) is -6.65. The van der Waals surface area contributed by atoms with Gasteiger partial charge in [-0.2, -0.15) is 0 Å². The Morgan fingerprint density at radius 3 is 1.72 bits per heavy atom. The molecular formula is C24H28N2O17. The Hall–Kier alpha value is -3.60. The van der Waals surface area contributed by atoms with Gasteiger partial charge in [-0.3, -0.25) is 25.0 Å². The Kier molecular flexibility index (Phi) is 9.44. The van der Waals surface area contributed by atoms with Crippen LogP contribution in [0.25, 0.3) is 0 Å². The van der Waals surface area contributed by atoms with Crippen molar-refractivity contribution in [2.75, 3.05) is 13.2 Å². The molecule has 0 saturated carbocycles. The second-order valence-corrected chi connectivity index (χ2v) is 9.56. The van der Waals surface area contributed by atoms with Crippen molar-refractivity contribution in [3.63, 3.8) is 0 Å². The van der Waals surface area contributed by atoms with E-state index in [2.05, 4.69) is 0 Å². The molecule has 2 saturated heterocycles. The van der Waals surface area contributed by atoms with Crippen LogP contribution in [0.5, 0.6) is 11.5 Å². The second-order valence-electron chi connectivity index (χ2n) is 9.56. The molecule has 0 aromatic heterocycles. The third-order valence-corrected chi connectivity index (χ3v) is 6.78. The van der Waals surface area contributed by atoms with E-state index >= 15 is 0 Å². The van der Waals surface area contributed by atoms with Crippen molar-refractivity contribution < 1.29 is 74.4 Å². The zero-order valence-corrected chi connectivity index (χ0v) is 21.8.